The highest BCUT2D eigenvalue weighted by Crippen LogP contribution is 2.28. The Morgan fingerprint density at radius 2 is 2.04 bits per heavy atom. The standard InChI is InChI=1S/C20H33N3O2S/c1-3-18-13-17(15-26-18)20(25)23-7-6-19(16(14-23)5-4-12-24)22-10-8-21(2)9-11-22/h13,15-16,19,24H,3-12,14H2,1-2H3/t16-,19+/m1/s1. The third-order valence-corrected chi connectivity index (χ3v) is 7.05. The number of piperidine rings is 1. The van der Waals surface area contributed by atoms with Crippen LogP contribution in [0.15, 0.2) is 11.4 Å². The molecule has 26 heavy (non-hydrogen) atoms. The Bertz CT molecular complexity index is 583. The monoisotopic (exact) mass is 379 g/mol. The van der Waals surface area contributed by atoms with Gasteiger partial charge in [-0.2, -0.15) is 0 Å². The van der Waals surface area contributed by atoms with Crippen LogP contribution in [0.1, 0.15) is 41.4 Å². The highest BCUT2D eigenvalue weighted by molar-refractivity contribution is 7.10. The molecular weight excluding hydrogens is 346 g/mol. The number of aliphatic hydroxyl groups excluding tert-OH is 1. The van der Waals surface area contributed by atoms with Crippen LogP contribution in [0.25, 0.3) is 0 Å². The highest BCUT2D eigenvalue weighted by Gasteiger charge is 2.35. The number of hydrogen-bond acceptors (Lipinski definition) is 5. The molecule has 1 aromatic heterocycles. The SMILES string of the molecule is CCc1cc(C(=O)N2CC[C@H](N3CCN(C)CC3)[C@H](CCCO)C2)cs1. The van der Waals surface area contributed by atoms with Crippen molar-refractivity contribution in [1.29, 1.82) is 0 Å². The van der Waals surface area contributed by atoms with Crippen molar-refractivity contribution in [3.63, 3.8) is 0 Å². The predicted molar refractivity (Wildman–Crippen MR) is 107 cm³/mol. The van der Waals surface area contributed by atoms with Gasteiger partial charge in [0.15, 0.2) is 0 Å². The van der Waals surface area contributed by atoms with Gasteiger partial charge in [0.1, 0.15) is 0 Å². The van der Waals surface area contributed by atoms with Crippen LogP contribution in [0, 0.1) is 5.92 Å². The number of aliphatic hydroxyl groups is 1. The van der Waals surface area contributed by atoms with Crippen molar-refractivity contribution in [2.45, 2.75) is 38.6 Å². The highest BCUT2D eigenvalue weighted by atomic mass is 32.1. The molecule has 3 heterocycles. The molecule has 2 aliphatic heterocycles. The van der Waals surface area contributed by atoms with Gasteiger partial charge in [0, 0.05) is 62.2 Å². The quantitative estimate of drug-likeness (QED) is 0.823. The summed E-state index contributed by atoms with van der Waals surface area (Å²) in [6.45, 7) is 8.54. The van der Waals surface area contributed by atoms with Crippen LogP contribution in [-0.4, -0.2) is 84.7 Å². The van der Waals surface area contributed by atoms with Gasteiger partial charge in [0.05, 0.1) is 5.56 Å². The molecule has 1 aromatic rings. The lowest BCUT2D eigenvalue weighted by molar-refractivity contribution is 0.0218. The first kappa shape index (κ1) is 19.8. The zero-order valence-corrected chi connectivity index (χ0v) is 17.0. The summed E-state index contributed by atoms with van der Waals surface area (Å²) in [7, 11) is 2.19. The Labute approximate surface area is 161 Å². The van der Waals surface area contributed by atoms with E-state index in [2.05, 4.69) is 34.7 Å². The van der Waals surface area contributed by atoms with Gasteiger partial charge in [-0.15, -0.1) is 11.3 Å². The third kappa shape index (κ3) is 4.66. The maximum Gasteiger partial charge on any atom is 0.254 e. The molecule has 0 unspecified atom stereocenters. The fourth-order valence-electron chi connectivity index (χ4n) is 4.34. The number of likely N-dealkylation sites (N-methyl/N-ethyl adjacent to an activating group) is 1. The minimum absolute atomic E-state index is 0.187. The summed E-state index contributed by atoms with van der Waals surface area (Å²) in [4.78, 5) is 21.3. The molecule has 0 aliphatic carbocycles. The molecule has 2 aliphatic rings. The molecule has 146 valence electrons. The third-order valence-electron chi connectivity index (χ3n) is 5.97. The summed E-state index contributed by atoms with van der Waals surface area (Å²) in [5.41, 5.74) is 0.853. The molecule has 1 amide bonds. The fraction of sp³-hybridized carbons (Fsp3) is 0.750. The van der Waals surface area contributed by atoms with Gasteiger partial charge in [-0.1, -0.05) is 6.92 Å². The predicted octanol–water partition coefficient (Wildman–Crippen LogP) is 2.16. The number of carbonyl (C=O) groups is 1. The van der Waals surface area contributed by atoms with Gasteiger partial charge in [-0.05, 0) is 44.7 Å². The molecule has 2 saturated heterocycles. The van der Waals surface area contributed by atoms with Crippen LogP contribution >= 0.6 is 11.3 Å². The number of amides is 1. The second-order valence-electron chi connectivity index (χ2n) is 7.73. The molecule has 6 heteroatoms. The summed E-state index contributed by atoms with van der Waals surface area (Å²) in [6, 6.07) is 2.61. The molecule has 5 nitrogen and oxygen atoms in total. The van der Waals surface area contributed by atoms with Crippen molar-refractivity contribution in [3.8, 4) is 0 Å². The Morgan fingerprint density at radius 3 is 2.69 bits per heavy atom. The van der Waals surface area contributed by atoms with E-state index >= 15 is 0 Å². The first-order chi connectivity index (χ1) is 12.6. The van der Waals surface area contributed by atoms with Crippen LogP contribution in [0.3, 0.4) is 0 Å². The van der Waals surface area contributed by atoms with E-state index in [1.807, 2.05) is 5.38 Å². The molecule has 1 N–H and O–H groups in total. The molecule has 0 spiro atoms. The Morgan fingerprint density at radius 1 is 1.27 bits per heavy atom. The van der Waals surface area contributed by atoms with Crippen LogP contribution in [0.5, 0.6) is 0 Å². The maximum atomic E-state index is 12.9. The Kier molecular flexibility index (Phi) is 7.09. The number of likely N-dealkylation sites (tertiary alicyclic amines) is 1. The average Bonchev–Trinajstić information content (AvgIpc) is 3.15. The number of nitrogens with zero attached hydrogens (tertiary/aromatic N) is 3. The average molecular weight is 380 g/mol. The van der Waals surface area contributed by atoms with Crippen LogP contribution in [-0.2, 0) is 6.42 Å². The van der Waals surface area contributed by atoms with Gasteiger partial charge in [-0.3, -0.25) is 9.69 Å². The molecular formula is C20H33N3O2S. The maximum absolute atomic E-state index is 12.9. The van der Waals surface area contributed by atoms with Crippen LogP contribution in [0.4, 0.5) is 0 Å². The van der Waals surface area contributed by atoms with Gasteiger partial charge in [0.25, 0.3) is 5.91 Å². The lowest BCUT2D eigenvalue weighted by atomic mass is 9.86. The van der Waals surface area contributed by atoms with Gasteiger partial charge in [-0.25, -0.2) is 0 Å². The molecule has 2 fully saturated rings. The van der Waals surface area contributed by atoms with E-state index in [1.165, 1.54) is 4.88 Å². The number of rotatable bonds is 6. The zero-order valence-electron chi connectivity index (χ0n) is 16.2. The summed E-state index contributed by atoms with van der Waals surface area (Å²) in [5.74, 6) is 0.652. The minimum atomic E-state index is 0.187. The van der Waals surface area contributed by atoms with Gasteiger partial charge >= 0.3 is 0 Å². The van der Waals surface area contributed by atoms with Crippen molar-refractivity contribution >= 4 is 17.2 Å². The topological polar surface area (TPSA) is 47.0 Å². The van der Waals surface area contributed by atoms with E-state index in [1.54, 1.807) is 11.3 Å². The van der Waals surface area contributed by atoms with E-state index in [-0.39, 0.29) is 12.5 Å². The van der Waals surface area contributed by atoms with Crippen molar-refractivity contribution < 1.29 is 9.90 Å². The fourth-order valence-corrected chi connectivity index (χ4v) is 5.15. The lowest BCUT2D eigenvalue weighted by Crippen LogP contribution is -2.56. The molecule has 0 radical (unpaired) electrons. The summed E-state index contributed by atoms with van der Waals surface area (Å²) < 4.78 is 0. The van der Waals surface area contributed by atoms with Crippen LogP contribution in [0.2, 0.25) is 0 Å². The van der Waals surface area contributed by atoms with Crippen molar-refractivity contribution in [2.24, 2.45) is 5.92 Å². The molecule has 0 aromatic carbocycles. The summed E-state index contributed by atoms with van der Waals surface area (Å²) in [5, 5.41) is 11.3. The first-order valence-corrected chi connectivity index (χ1v) is 10.9. The van der Waals surface area contributed by atoms with E-state index in [9.17, 15) is 9.90 Å². The largest absolute Gasteiger partial charge is 0.396 e. The normalized spacial score (nSPS) is 25.6. The summed E-state index contributed by atoms with van der Waals surface area (Å²) in [6.07, 6.45) is 3.87. The smallest absolute Gasteiger partial charge is 0.254 e. The lowest BCUT2D eigenvalue weighted by Gasteiger charge is -2.46. The first-order valence-electron chi connectivity index (χ1n) is 10.0. The molecule has 2 atom stereocenters. The summed E-state index contributed by atoms with van der Waals surface area (Å²) >= 11 is 1.69. The van der Waals surface area contributed by atoms with Crippen LogP contribution < -0.4 is 0 Å². The zero-order chi connectivity index (χ0) is 18.5. The van der Waals surface area contributed by atoms with Crippen molar-refractivity contribution in [2.75, 3.05) is 52.9 Å². The molecule has 0 saturated carbocycles. The number of piperazine rings is 1. The number of thiophene rings is 1. The van der Waals surface area contributed by atoms with Gasteiger partial charge < -0.3 is 14.9 Å². The van der Waals surface area contributed by atoms with E-state index in [4.69, 9.17) is 0 Å². The van der Waals surface area contributed by atoms with E-state index in [0.29, 0.717) is 12.0 Å². The van der Waals surface area contributed by atoms with Crippen molar-refractivity contribution in [3.05, 3.63) is 21.9 Å². The number of aryl methyl sites for hydroxylation is 1. The van der Waals surface area contributed by atoms with Crippen molar-refractivity contribution in [1.82, 2.24) is 14.7 Å². The Hall–Kier alpha value is -0.950. The second kappa shape index (κ2) is 9.31. The molecule has 3 rings (SSSR count). The van der Waals surface area contributed by atoms with E-state index in [0.717, 1.165) is 70.5 Å². The van der Waals surface area contributed by atoms with Gasteiger partial charge in [0.2, 0.25) is 0 Å². The second-order valence-corrected chi connectivity index (χ2v) is 8.72. The minimum Gasteiger partial charge on any atom is -0.396 e. The molecule has 0 bridgehead atoms. The number of carbonyl (C=O) groups excluding carboxylic acids is 1. The number of hydrogen-bond donors (Lipinski definition) is 1. The van der Waals surface area contributed by atoms with E-state index < -0.39 is 0 Å². The Balaban J connectivity index is 1.65.